The molecule has 1 aromatic heterocycles. The third-order valence-corrected chi connectivity index (χ3v) is 5.56. The molecular formula is C10H17N3O3S2. The van der Waals surface area contributed by atoms with Gasteiger partial charge in [-0.05, 0) is 6.92 Å². The molecule has 1 aliphatic rings. The minimum atomic E-state index is -3.44. The summed E-state index contributed by atoms with van der Waals surface area (Å²) in [5.74, 6) is 0. The average molecular weight is 291 g/mol. The molecule has 1 saturated heterocycles. The van der Waals surface area contributed by atoms with E-state index in [-0.39, 0.29) is 6.04 Å². The van der Waals surface area contributed by atoms with Crippen LogP contribution < -0.4 is 0 Å². The molecule has 2 rings (SSSR count). The van der Waals surface area contributed by atoms with Gasteiger partial charge in [-0.2, -0.15) is 17.0 Å². The SMILES string of the molecule is Cc1nc(C2COCCN2S(=O)(=O)N(C)C)cs1. The van der Waals surface area contributed by atoms with Gasteiger partial charge >= 0.3 is 0 Å². The Morgan fingerprint density at radius 3 is 2.83 bits per heavy atom. The largest absolute Gasteiger partial charge is 0.378 e. The second-order valence-electron chi connectivity index (χ2n) is 4.28. The summed E-state index contributed by atoms with van der Waals surface area (Å²) in [6.45, 7) is 3.05. The summed E-state index contributed by atoms with van der Waals surface area (Å²) in [6, 6.07) is -0.323. The van der Waals surface area contributed by atoms with Crippen molar-refractivity contribution in [2.75, 3.05) is 33.9 Å². The van der Waals surface area contributed by atoms with Gasteiger partial charge in [-0.3, -0.25) is 0 Å². The van der Waals surface area contributed by atoms with Crippen molar-refractivity contribution >= 4 is 21.5 Å². The Balaban J connectivity index is 2.32. The highest BCUT2D eigenvalue weighted by Gasteiger charge is 2.36. The lowest BCUT2D eigenvalue weighted by atomic mass is 10.2. The van der Waals surface area contributed by atoms with Crippen LogP contribution in [0.5, 0.6) is 0 Å². The van der Waals surface area contributed by atoms with Gasteiger partial charge in [0.25, 0.3) is 10.2 Å². The maximum absolute atomic E-state index is 12.2. The van der Waals surface area contributed by atoms with E-state index >= 15 is 0 Å². The summed E-state index contributed by atoms with van der Waals surface area (Å²) in [4.78, 5) is 4.37. The molecule has 1 unspecified atom stereocenters. The second-order valence-corrected chi connectivity index (χ2v) is 7.44. The molecule has 0 saturated carbocycles. The third kappa shape index (κ3) is 2.57. The van der Waals surface area contributed by atoms with E-state index in [9.17, 15) is 8.42 Å². The van der Waals surface area contributed by atoms with E-state index in [0.29, 0.717) is 19.8 Å². The number of morpholine rings is 1. The van der Waals surface area contributed by atoms with Crippen molar-refractivity contribution in [3.8, 4) is 0 Å². The van der Waals surface area contributed by atoms with Gasteiger partial charge in [-0.25, -0.2) is 4.98 Å². The number of nitrogens with zero attached hydrogens (tertiary/aromatic N) is 3. The van der Waals surface area contributed by atoms with Crippen LogP contribution in [0.2, 0.25) is 0 Å². The molecule has 1 fully saturated rings. The Hall–Kier alpha value is -0.540. The van der Waals surface area contributed by atoms with Gasteiger partial charge in [0.05, 0.1) is 30.0 Å². The molecule has 1 aromatic rings. The van der Waals surface area contributed by atoms with E-state index in [1.165, 1.54) is 34.0 Å². The third-order valence-electron chi connectivity index (χ3n) is 2.82. The molecule has 1 aliphatic heterocycles. The smallest absolute Gasteiger partial charge is 0.282 e. The molecule has 0 amide bonds. The van der Waals surface area contributed by atoms with Crippen LogP contribution in [0.15, 0.2) is 5.38 Å². The molecule has 0 bridgehead atoms. The van der Waals surface area contributed by atoms with Crippen LogP contribution in [-0.4, -0.2) is 55.9 Å². The highest BCUT2D eigenvalue weighted by atomic mass is 32.2. The van der Waals surface area contributed by atoms with E-state index in [0.717, 1.165) is 10.7 Å². The normalized spacial score (nSPS) is 22.6. The van der Waals surface area contributed by atoms with Gasteiger partial charge in [-0.1, -0.05) is 0 Å². The zero-order valence-electron chi connectivity index (χ0n) is 10.7. The van der Waals surface area contributed by atoms with E-state index in [4.69, 9.17) is 4.74 Å². The molecule has 0 aliphatic carbocycles. The molecule has 0 N–H and O–H groups in total. The Morgan fingerprint density at radius 2 is 2.28 bits per heavy atom. The molecule has 1 atom stereocenters. The number of rotatable bonds is 3. The van der Waals surface area contributed by atoms with Gasteiger partial charge in [0, 0.05) is 26.0 Å². The minimum Gasteiger partial charge on any atom is -0.378 e. The van der Waals surface area contributed by atoms with Crippen molar-refractivity contribution in [2.24, 2.45) is 0 Å². The highest BCUT2D eigenvalue weighted by molar-refractivity contribution is 7.86. The van der Waals surface area contributed by atoms with E-state index in [1.807, 2.05) is 12.3 Å². The summed E-state index contributed by atoms with van der Waals surface area (Å²) >= 11 is 1.52. The molecule has 18 heavy (non-hydrogen) atoms. The fourth-order valence-corrected chi connectivity index (χ4v) is 3.71. The second kappa shape index (κ2) is 5.22. The quantitative estimate of drug-likeness (QED) is 0.819. The summed E-state index contributed by atoms with van der Waals surface area (Å²) in [6.07, 6.45) is 0. The molecule has 0 spiro atoms. The number of hydrogen-bond acceptors (Lipinski definition) is 5. The molecule has 0 radical (unpaired) electrons. The lowest BCUT2D eigenvalue weighted by molar-refractivity contribution is 0.0286. The highest BCUT2D eigenvalue weighted by Crippen LogP contribution is 2.28. The van der Waals surface area contributed by atoms with Crippen LogP contribution in [0.1, 0.15) is 16.7 Å². The van der Waals surface area contributed by atoms with Crippen LogP contribution >= 0.6 is 11.3 Å². The van der Waals surface area contributed by atoms with Crippen LogP contribution in [0, 0.1) is 6.92 Å². The van der Waals surface area contributed by atoms with Crippen molar-refractivity contribution in [1.82, 2.24) is 13.6 Å². The number of aromatic nitrogens is 1. The summed E-state index contributed by atoms with van der Waals surface area (Å²) in [5, 5.41) is 2.82. The number of ether oxygens (including phenoxy) is 1. The molecular weight excluding hydrogens is 274 g/mol. The lowest BCUT2D eigenvalue weighted by Crippen LogP contribution is -2.48. The van der Waals surface area contributed by atoms with Crippen LogP contribution in [-0.2, 0) is 14.9 Å². The fourth-order valence-electron chi connectivity index (χ4n) is 1.84. The summed E-state index contributed by atoms with van der Waals surface area (Å²) in [5.41, 5.74) is 0.766. The Labute approximate surface area is 111 Å². The first-order valence-corrected chi connectivity index (χ1v) is 7.89. The molecule has 102 valence electrons. The maximum atomic E-state index is 12.2. The van der Waals surface area contributed by atoms with Gasteiger partial charge < -0.3 is 4.74 Å². The van der Waals surface area contributed by atoms with Gasteiger partial charge in [-0.15, -0.1) is 11.3 Å². The molecule has 0 aromatic carbocycles. The zero-order chi connectivity index (χ0) is 13.3. The van der Waals surface area contributed by atoms with Crippen LogP contribution in [0.3, 0.4) is 0 Å². The van der Waals surface area contributed by atoms with E-state index in [2.05, 4.69) is 4.98 Å². The van der Waals surface area contributed by atoms with E-state index < -0.39 is 10.2 Å². The Morgan fingerprint density at radius 1 is 1.56 bits per heavy atom. The maximum Gasteiger partial charge on any atom is 0.282 e. The van der Waals surface area contributed by atoms with Crippen molar-refractivity contribution < 1.29 is 13.2 Å². The fraction of sp³-hybridized carbons (Fsp3) is 0.700. The Kier molecular flexibility index (Phi) is 4.02. The molecule has 6 nitrogen and oxygen atoms in total. The first kappa shape index (κ1) is 13.9. The number of thiazole rings is 1. The van der Waals surface area contributed by atoms with E-state index in [1.54, 1.807) is 0 Å². The lowest BCUT2D eigenvalue weighted by Gasteiger charge is -2.35. The number of aryl methyl sites for hydroxylation is 1. The standard InChI is InChI=1S/C10H17N3O3S2/c1-8-11-9(7-17-8)10-6-16-5-4-13(10)18(14,15)12(2)3/h7,10H,4-6H2,1-3H3. The van der Waals surface area contributed by atoms with Gasteiger partial charge in [0.1, 0.15) is 0 Å². The van der Waals surface area contributed by atoms with Crippen molar-refractivity contribution in [3.63, 3.8) is 0 Å². The molecule has 8 heteroatoms. The van der Waals surface area contributed by atoms with Crippen molar-refractivity contribution in [1.29, 1.82) is 0 Å². The topological polar surface area (TPSA) is 62.7 Å². The van der Waals surface area contributed by atoms with Gasteiger partial charge in [0.2, 0.25) is 0 Å². The monoisotopic (exact) mass is 291 g/mol. The summed E-state index contributed by atoms with van der Waals surface area (Å²) < 4.78 is 32.6. The van der Waals surface area contributed by atoms with Crippen molar-refractivity contribution in [3.05, 3.63) is 16.1 Å². The minimum absolute atomic E-state index is 0.323. The molecule has 2 heterocycles. The first-order chi connectivity index (χ1) is 8.43. The van der Waals surface area contributed by atoms with Gasteiger partial charge in [0.15, 0.2) is 0 Å². The zero-order valence-corrected chi connectivity index (χ0v) is 12.3. The predicted octanol–water partition coefficient (Wildman–Crippen LogP) is 0.631. The first-order valence-electron chi connectivity index (χ1n) is 5.62. The predicted molar refractivity (Wildman–Crippen MR) is 69.7 cm³/mol. The Bertz CT molecular complexity index is 512. The van der Waals surface area contributed by atoms with Crippen molar-refractivity contribution in [2.45, 2.75) is 13.0 Å². The average Bonchev–Trinajstić information content (AvgIpc) is 2.75. The van der Waals surface area contributed by atoms with Crippen LogP contribution in [0.25, 0.3) is 0 Å². The summed E-state index contributed by atoms with van der Waals surface area (Å²) in [7, 11) is -0.365. The van der Waals surface area contributed by atoms with Crippen LogP contribution in [0.4, 0.5) is 0 Å². The number of hydrogen-bond donors (Lipinski definition) is 0.